The van der Waals surface area contributed by atoms with E-state index in [9.17, 15) is 9.59 Å². The molecule has 0 radical (unpaired) electrons. The summed E-state index contributed by atoms with van der Waals surface area (Å²) in [6.45, 7) is 8.38. The zero-order valence-electron chi connectivity index (χ0n) is 19.8. The number of aryl methyl sites for hydroxylation is 2. The number of hydrogen-bond acceptors (Lipinski definition) is 7. The summed E-state index contributed by atoms with van der Waals surface area (Å²) in [7, 11) is 0. The molecule has 5 rings (SSSR count). The van der Waals surface area contributed by atoms with Gasteiger partial charge in [0.25, 0.3) is 11.8 Å². The van der Waals surface area contributed by atoms with Gasteiger partial charge in [0.2, 0.25) is 0 Å². The molecule has 2 N–H and O–H groups in total. The Morgan fingerprint density at radius 1 is 0.971 bits per heavy atom. The summed E-state index contributed by atoms with van der Waals surface area (Å²) < 4.78 is 18.5. The lowest BCUT2D eigenvalue weighted by molar-refractivity contribution is 0.0846. The molecule has 0 saturated carbocycles. The van der Waals surface area contributed by atoms with Gasteiger partial charge in [-0.05, 0) is 58.0 Å². The topological polar surface area (TPSA) is 121 Å². The second kappa shape index (κ2) is 8.79. The van der Waals surface area contributed by atoms with Crippen molar-refractivity contribution in [2.24, 2.45) is 0 Å². The number of furan rings is 1. The van der Waals surface area contributed by atoms with Gasteiger partial charge in [-0.15, -0.1) is 0 Å². The summed E-state index contributed by atoms with van der Waals surface area (Å²) in [5.74, 6) is 1.41. The van der Waals surface area contributed by atoms with Crippen molar-refractivity contribution in [2.75, 3.05) is 13.2 Å². The summed E-state index contributed by atoms with van der Waals surface area (Å²) in [5, 5.41) is 5.00. The summed E-state index contributed by atoms with van der Waals surface area (Å²) in [4.78, 5) is 30.6. The largest absolute Gasteiger partial charge is 0.486 e. The minimum absolute atomic E-state index is 0.0263. The number of carbonyl (C=O) groups is 2. The molecule has 0 atom stereocenters. The first-order valence-electron chi connectivity index (χ1n) is 11.3. The van der Waals surface area contributed by atoms with Crippen LogP contribution < -0.4 is 20.3 Å². The van der Waals surface area contributed by atoms with Gasteiger partial charge in [0.1, 0.15) is 24.7 Å². The lowest BCUT2D eigenvalue weighted by Gasteiger charge is -2.19. The average Bonchev–Trinajstić information content (AvgIpc) is 3.43. The van der Waals surface area contributed by atoms with Crippen LogP contribution in [0.2, 0.25) is 0 Å². The van der Waals surface area contributed by atoms with Crippen LogP contribution in [0.25, 0.3) is 22.3 Å². The standard InChI is InChI=1S/C25H25N5O5/c1-13(2)30-23-19(12-26-30)18(25(32)29-28-24(31)17-9-14(3)35-15(17)4)11-20(27-23)16-5-6-21-22(10-16)34-8-7-33-21/h5-6,9-13H,7-8H2,1-4H3,(H,28,31)(H,29,32). The molecular weight excluding hydrogens is 450 g/mol. The highest BCUT2D eigenvalue weighted by molar-refractivity contribution is 6.07. The van der Waals surface area contributed by atoms with Crippen molar-refractivity contribution in [3.8, 4) is 22.8 Å². The van der Waals surface area contributed by atoms with E-state index in [4.69, 9.17) is 18.9 Å². The van der Waals surface area contributed by atoms with Gasteiger partial charge in [-0.2, -0.15) is 5.10 Å². The Labute approximate surface area is 201 Å². The predicted octanol–water partition coefficient (Wildman–Crippen LogP) is 3.74. The molecule has 4 aromatic rings. The van der Waals surface area contributed by atoms with E-state index in [1.807, 2.05) is 32.0 Å². The maximum absolute atomic E-state index is 13.2. The third-order valence-corrected chi connectivity index (χ3v) is 5.71. The molecule has 0 saturated heterocycles. The molecule has 2 amide bonds. The van der Waals surface area contributed by atoms with Gasteiger partial charge in [-0.1, -0.05) is 0 Å². The molecule has 10 nitrogen and oxygen atoms in total. The number of carbonyl (C=O) groups excluding carboxylic acids is 2. The maximum atomic E-state index is 13.2. The molecule has 0 spiro atoms. The number of hydrazine groups is 1. The highest BCUT2D eigenvalue weighted by Gasteiger charge is 2.21. The normalized spacial score (nSPS) is 12.7. The van der Waals surface area contributed by atoms with Gasteiger partial charge in [-0.25, -0.2) is 9.67 Å². The number of rotatable bonds is 4. The van der Waals surface area contributed by atoms with Gasteiger partial charge < -0.3 is 13.9 Å². The number of fused-ring (bicyclic) bond motifs is 2. The van der Waals surface area contributed by atoms with Crippen LogP contribution in [-0.4, -0.2) is 39.8 Å². The zero-order valence-corrected chi connectivity index (χ0v) is 19.8. The van der Waals surface area contributed by atoms with Crippen LogP contribution in [0.4, 0.5) is 0 Å². The molecular formula is C25H25N5O5. The van der Waals surface area contributed by atoms with Crippen LogP contribution in [0.15, 0.2) is 40.9 Å². The molecule has 1 aromatic carbocycles. The molecule has 0 aliphatic carbocycles. The van der Waals surface area contributed by atoms with Crippen molar-refractivity contribution in [1.29, 1.82) is 0 Å². The predicted molar refractivity (Wildman–Crippen MR) is 127 cm³/mol. The van der Waals surface area contributed by atoms with Crippen molar-refractivity contribution in [3.63, 3.8) is 0 Å². The quantitative estimate of drug-likeness (QED) is 0.432. The number of ether oxygens (including phenoxy) is 2. The minimum atomic E-state index is -0.495. The second-order valence-electron chi connectivity index (χ2n) is 8.57. The summed E-state index contributed by atoms with van der Waals surface area (Å²) in [6, 6.07) is 8.85. The first kappa shape index (κ1) is 22.5. The van der Waals surface area contributed by atoms with Crippen LogP contribution in [0.3, 0.4) is 0 Å². The summed E-state index contributed by atoms with van der Waals surface area (Å²) in [5.41, 5.74) is 7.53. The summed E-state index contributed by atoms with van der Waals surface area (Å²) >= 11 is 0. The van der Waals surface area contributed by atoms with E-state index in [-0.39, 0.29) is 6.04 Å². The molecule has 0 bridgehead atoms. The van der Waals surface area contributed by atoms with Gasteiger partial charge in [0, 0.05) is 11.6 Å². The smallest absolute Gasteiger partial charge is 0.273 e. The Kier molecular flexibility index (Phi) is 5.64. The average molecular weight is 476 g/mol. The lowest BCUT2D eigenvalue weighted by Crippen LogP contribution is -2.41. The Hall–Kier alpha value is -4.34. The Morgan fingerprint density at radius 3 is 2.37 bits per heavy atom. The lowest BCUT2D eigenvalue weighted by atomic mass is 10.1. The molecule has 0 fully saturated rings. The third-order valence-electron chi connectivity index (χ3n) is 5.71. The van der Waals surface area contributed by atoms with Gasteiger partial charge in [0.15, 0.2) is 17.1 Å². The molecule has 35 heavy (non-hydrogen) atoms. The van der Waals surface area contributed by atoms with E-state index in [1.54, 1.807) is 36.9 Å². The molecule has 180 valence electrons. The van der Waals surface area contributed by atoms with E-state index in [0.717, 1.165) is 5.56 Å². The van der Waals surface area contributed by atoms with Crippen molar-refractivity contribution >= 4 is 22.8 Å². The van der Waals surface area contributed by atoms with Crippen molar-refractivity contribution in [3.05, 3.63) is 59.2 Å². The zero-order chi connectivity index (χ0) is 24.7. The SMILES string of the molecule is Cc1cc(C(=O)NNC(=O)c2cc(-c3ccc4c(c3)OCCO4)nc3c2cnn3C(C)C)c(C)o1. The Balaban J connectivity index is 1.51. The van der Waals surface area contributed by atoms with E-state index in [1.165, 1.54) is 0 Å². The highest BCUT2D eigenvalue weighted by atomic mass is 16.6. The van der Waals surface area contributed by atoms with Crippen molar-refractivity contribution in [2.45, 2.75) is 33.7 Å². The van der Waals surface area contributed by atoms with E-state index < -0.39 is 11.8 Å². The van der Waals surface area contributed by atoms with Crippen molar-refractivity contribution < 1.29 is 23.5 Å². The fourth-order valence-corrected chi connectivity index (χ4v) is 4.04. The van der Waals surface area contributed by atoms with Crippen LogP contribution in [0.1, 0.15) is 52.1 Å². The first-order valence-corrected chi connectivity index (χ1v) is 11.3. The third kappa shape index (κ3) is 4.18. The first-order chi connectivity index (χ1) is 16.8. The monoisotopic (exact) mass is 475 g/mol. The number of nitrogens with zero attached hydrogens (tertiary/aromatic N) is 3. The fourth-order valence-electron chi connectivity index (χ4n) is 4.04. The maximum Gasteiger partial charge on any atom is 0.273 e. The Bertz CT molecular complexity index is 1450. The molecule has 3 aromatic heterocycles. The molecule has 1 aliphatic heterocycles. The fraction of sp³-hybridized carbons (Fsp3) is 0.280. The molecule has 0 unspecified atom stereocenters. The van der Waals surface area contributed by atoms with Crippen LogP contribution in [0, 0.1) is 13.8 Å². The van der Waals surface area contributed by atoms with Crippen LogP contribution >= 0.6 is 0 Å². The summed E-state index contributed by atoms with van der Waals surface area (Å²) in [6.07, 6.45) is 1.61. The number of aromatic nitrogens is 3. The van der Waals surface area contributed by atoms with Gasteiger partial charge >= 0.3 is 0 Å². The number of pyridine rings is 1. The van der Waals surface area contributed by atoms with Crippen LogP contribution in [-0.2, 0) is 0 Å². The van der Waals surface area contributed by atoms with Crippen LogP contribution in [0.5, 0.6) is 11.5 Å². The van der Waals surface area contributed by atoms with E-state index in [2.05, 4.69) is 16.0 Å². The van der Waals surface area contributed by atoms with Crippen molar-refractivity contribution in [1.82, 2.24) is 25.6 Å². The van der Waals surface area contributed by atoms with Gasteiger partial charge in [-0.3, -0.25) is 20.4 Å². The number of amides is 2. The molecule has 4 heterocycles. The molecule has 10 heteroatoms. The van der Waals surface area contributed by atoms with Gasteiger partial charge in [0.05, 0.1) is 28.4 Å². The molecule has 1 aliphatic rings. The number of nitrogens with one attached hydrogen (secondary N) is 2. The van der Waals surface area contributed by atoms with E-state index in [0.29, 0.717) is 64.1 Å². The highest BCUT2D eigenvalue weighted by Crippen LogP contribution is 2.35. The number of hydrogen-bond donors (Lipinski definition) is 2. The second-order valence-corrected chi connectivity index (χ2v) is 8.57. The number of benzene rings is 1. The van der Waals surface area contributed by atoms with E-state index >= 15 is 0 Å². The Morgan fingerprint density at radius 2 is 1.69 bits per heavy atom. The minimum Gasteiger partial charge on any atom is -0.486 e.